The van der Waals surface area contributed by atoms with Crippen LogP contribution in [0.1, 0.15) is 29.0 Å². The van der Waals surface area contributed by atoms with Crippen molar-refractivity contribution in [2.45, 2.75) is 36.6 Å². The van der Waals surface area contributed by atoms with E-state index in [0.717, 1.165) is 24.9 Å². The molecule has 2 aliphatic rings. The molecule has 5 rings (SSSR count). The maximum Gasteiger partial charge on any atom is 0.296 e. The molecule has 0 bridgehead atoms. The van der Waals surface area contributed by atoms with Gasteiger partial charge in [-0.05, 0) is 62.1 Å². The highest BCUT2D eigenvalue weighted by atomic mass is 32.2. The molecule has 1 saturated heterocycles. The molecular formula is C23H26N2O3S. The van der Waals surface area contributed by atoms with Gasteiger partial charge >= 0.3 is 0 Å². The molecule has 1 N–H and O–H groups in total. The fourth-order valence-corrected chi connectivity index (χ4v) is 6.11. The largest absolute Gasteiger partial charge is 0.361 e. The molecule has 29 heavy (non-hydrogen) atoms. The molecular weight excluding hydrogens is 384 g/mol. The van der Waals surface area contributed by atoms with Crippen molar-refractivity contribution in [3.63, 3.8) is 0 Å². The first kappa shape index (κ1) is 18.9. The third kappa shape index (κ3) is 3.29. The number of aromatic amines is 1. The van der Waals surface area contributed by atoms with Crippen molar-refractivity contribution in [1.82, 2.24) is 9.88 Å². The molecule has 152 valence electrons. The maximum atomic E-state index is 12.6. The van der Waals surface area contributed by atoms with Gasteiger partial charge in [-0.2, -0.15) is 8.42 Å². The lowest BCUT2D eigenvalue weighted by Gasteiger charge is -2.45. The minimum Gasteiger partial charge on any atom is -0.361 e. The van der Waals surface area contributed by atoms with E-state index in [0.29, 0.717) is 12.0 Å². The number of hydrogen-bond acceptors (Lipinski definition) is 4. The van der Waals surface area contributed by atoms with Gasteiger partial charge in [-0.25, -0.2) is 0 Å². The van der Waals surface area contributed by atoms with E-state index in [-0.39, 0.29) is 17.4 Å². The highest BCUT2D eigenvalue weighted by Gasteiger charge is 2.39. The third-order valence-corrected chi connectivity index (χ3v) is 7.88. The predicted molar refractivity (Wildman–Crippen MR) is 114 cm³/mol. The number of aromatic nitrogens is 1. The summed E-state index contributed by atoms with van der Waals surface area (Å²) < 4.78 is 30.7. The molecule has 6 heteroatoms. The van der Waals surface area contributed by atoms with Gasteiger partial charge in [0.15, 0.2) is 0 Å². The van der Waals surface area contributed by atoms with Gasteiger partial charge in [0.2, 0.25) is 0 Å². The van der Waals surface area contributed by atoms with Crippen LogP contribution in [-0.2, 0) is 20.7 Å². The fraction of sp³-hybridized carbons (Fsp3) is 0.391. The van der Waals surface area contributed by atoms with Crippen LogP contribution in [0.3, 0.4) is 0 Å². The zero-order chi connectivity index (χ0) is 20.2. The van der Waals surface area contributed by atoms with Crippen molar-refractivity contribution in [3.05, 3.63) is 65.4 Å². The molecule has 0 spiro atoms. The van der Waals surface area contributed by atoms with Gasteiger partial charge in [-0.15, -0.1) is 0 Å². The van der Waals surface area contributed by atoms with Crippen molar-refractivity contribution < 1.29 is 12.6 Å². The number of hydrogen-bond donors (Lipinski definition) is 1. The minimum absolute atomic E-state index is 0.178. The number of H-pyrrole nitrogens is 1. The standard InChI is InChI=1S/C23H26N2O3S/c1-15-6-8-18(9-7-15)29(26,27)28-14-16-10-20-19-4-3-5-21-23(19)17(12-24-21)11-22(20)25(2)13-16/h3-9,12,16,20,22,24H,10-11,13-14H2,1-2H3/t16-,20-,22-/m1/s1. The molecule has 1 aliphatic heterocycles. The van der Waals surface area contributed by atoms with Gasteiger partial charge in [-0.3, -0.25) is 4.18 Å². The van der Waals surface area contributed by atoms with E-state index in [1.54, 1.807) is 24.3 Å². The number of nitrogens with one attached hydrogen (secondary N) is 1. The first-order chi connectivity index (χ1) is 13.9. The Balaban J connectivity index is 1.36. The Bertz CT molecular complexity index is 1150. The quantitative estimate of drug-likeness (QED) is 0.664. The Morgan fingerprint density at radius 3 is 2.76 bits per heavy atom. The number of fused-ring (bicyclic) bond motifs is 2. The Kier molecular flexibility index (Phi) is 4.53. The Labute approximate surface area is 171 Å². The molecule has 3 aromatic rings. The molecule has 0 unspecified atom stereocenters. The van der Waals surface area contributed by atoms with E-state index < -0.39 is 10.1 Å². The summed E-state index contributed by atoms with van der Waals surface area (Å²) in [6.07, 6.45) is 4.12. The van der Waals surface area contributed by atoms with Gasteiger partial charge in [0.05, 0.1) is 11.5 Å². The van der Waals surface area contributed by atoms with Crippen molar-refractivity contribution >= 4 is 21.0 Å². The van der Waals surface area contributed by atoms with Gasteiger partial charge in [0.25, 0.3) is 10.1 Å². The maximum absolute atomic E-state index is 12.6. The lowest BCUT2D eigenvalue weighted by Crippen LogP contribution is -2.48. The summed E-state index contributed by atoms with van der Waals surface area (Å²) in [5, 5.41) is 1.36. The first-order valence-electron chi connectivity index (χ1n) is 10.2. The second-order valence-electron chi connectivity index (χ2n) is 8.55. The SMILES string of the molecule is Cc1ccc(S(=O)(=O)OC[C@@H]2C[C@@H]3c4cccc5[nH]cc(c45)C[C@H]3N(C)C2)cc1. The second kappa shape index (κ2) is 6.97. The van der Waals surface area contributed by atoms with E-state index in [1.807, 2.05) is 6.92 Å². The smallest absolute Gasteiger partial charge is 0.296 e. The van der Waals surface area contributed by atoms with Gasteiger partial charge < -0.3 is 9.88 Å². The number of rotatable bonds is 4. The van der Waals surface area contributed by atoms with Crippen molar-refractivity contribution in [1.29, 1.82) is 0 Å². The summed E-state index contributed by atoms with van der Waals surface area (Å²) >= 11 is 0. The van der Waals surface area contributed by atoms with Crippen LogP contribution in [0.15, 0.2) is 53.6 Å². The van der Waals surface area contributed by atoms with Crippen molar-refractivity contribution in [3.8, 4) is 0 Å². The van der Waals surface area contributed by atoms with E-state index in [4.69, 9.17) is 4.18 Å². The molecule has 0 radical (unpaired) electrons. The lowest BCUT2D eigenvalue weighted by molar-refractivity contribution is 0.0854. The average molecular weight is 411 g/mol. The predicted octanol–water partition coefficient (Wildman–Crippen LogP) is 3.84. The number of benzene rings is 2. The highest BCUT2D eigenvalue weighted by molar-refractivity contribution is 7.86. The molecule has 0 amide bonds. The van der Waals surface area contributed by atoms with Crippen LogP contribution >= 0.6 is 0 Å². The number of piperidine rings is 1. The van der Waals surface area contributed by atoms with Crippen LogP contribution in [0, 0.1) is 12.8 Å². The topological polar surface area (TPSA) is 62.4 Å². The van der Waals surface area contributed by atoms with Crippen LogP contribution in [0.2, 0.25) is 0 Å². The monoisotopic (exact) mass is 410 g/mol. The Morgan fingerprint density at radius 1 is 1.17 bits per heavy atom. The average Bonchev–Trinajstić information content (AvgIpc) is 3.12. The number of likely N-dealkylation sites (N-methyl/N-ethyl adjacent to an activating group) is 1. The van der Waals surface area contributed by atoms with E-state index in [2.05, 4.69) is 41.3 Å². The van der Waals surface area contributed by atoms with Gasteiger partial charge in [0, 0.05) is 35.6 Å². The van der Waals surface area contributed by atoms with Crippen LogP contribution in [-0.4, -0.2) is 44.5 Å². The minimum atomic E-state index is -3.73. The zero-order valence-electron chi connectivity index (χ0n) is 16.8. The van der Waals surface area contributed by atoms with Gasteiger partial charge in [0.1, 0.15) is 0 Å². The van der Waals surface area contributed by atoms with Crippen LogP contribution in [0.5, 0.6) is 0 Å². The fourth-order valence-electron chi connectivity index (χ4n) is 5.13. The van der Waals surface area contributed by atoms with Crippen LogP contribution < -0.4 is 0 Å². The molecule has 3 atom stereocenters. The second-order valence-corrected chi connectivity index (χ2v) is 10.2. The molecule has 0 saturated carbocycles. The first-order valence-corrected chi connectivity index (χ1v) is 11.6. The molecule has 1 aliphatic carbocycles. The molecule has 2 aromatic carbocycles. The number of aryl methyl sites for hydroxylation is 1. The van der Waals surface area contributed by atoms with E-state index in [9.17, 15) is 8.42 Å². The number of nitrogens with zero attached hydrogens (tertiary/aromatic N) is 1. The molecule has 2 heterocycles. The van der Waals surface area contributed by atoms with Crippen LogP contribution in [0.4, 0.5) is 0 Å². The summed E-state index contributed by atoms with van der Waals surface area (Å²) in [7, 11) is -1.58. The van der Waals surface area contributed by atoms with Crippen LogP contribution in [0.25, 0.3) is 10.9 Å². The molecule has 1 aromatic heterocycles. The summed E-state index contributed by atoms with van der Waals surface area (Å²) in [6.45, 7) is 3.01. The van der Waals surface area contributed by atoms with E-state index >= 15 is 0 Å². The number of likely N-dealkylation sites (tertiary alicyclic amines) is 1. The summed E-state index contributed by atoms with van der Waals surface area (Å²) in [5.74, 6) is 0.577. The van der Waals surface area contributed by atoms with Gasteiger partial charge in [-0.1, -0.05) is 29.8 Å². The van der Waals surface area contributed by atoms with Crippen molar-refractivity contribution in [2.24, 2.45) is 5.92 Å². The summed E-state index contributed by atoms with van der Waals surface area (Å²) in [6, 6.07) is 13.8. The Morgan fingerprint density at radius 2 is 1.97 bits per heavy atom. The lowest BCUT2D eigenvalue weighted by atomic mass is 9.72. The third-order valence-electron chi connectivity index (χ3n) is 6.58. The van der Waals surface area contributed by atoms with E-state index in [1.165, 1.54) is 22.0 Å². The zero-order valence-corrected chi connectivity index (χ0v) is 17.6. The molecule has 5 nitrogen and oxygen atoms in total. The highest BCUT2D eigenvalue weighted by Crippen LogP contribution is 2.44. The summed E-state index contributed by atoms with van der Waals surface area (Å²) in [5.41, 5.74) is 4.99. The van der Waals surface area contributed by atoms with Crippen molar-refractivity contribution in [2.75, 3.05) is 20.2 Å². The normalized spacial score (nSPS) is 24.6. The summed E-state index contributed by atoms with van der Waals surface area (Å²) in [4.78, 5) is 6.01. The molecule has 1 fully saturated rings. The Hall–Kier alpha value is -2.15.